The smallest absolute Gasteiger partial charge is 0.195 e. The molecule has 21 heavy (non-hydrogen) atoms. The lowest BCUT2D eigenvalue weighted by molar-refractivity contribution is 0.143. The van der Waals surface area contributed by atoms with Crippen LogP contribution in [0, 0.1) is 35.0 Å². The van der Waals surface area contributed by atoms with Crippen molar-refractivity contribution in [2.24, 2.45) is 23.7 Å². The fraction of sp³-hybridized carbons (Fsp3) is 0.842. The highest BCUT2D eigenvalue weighted by atomic mass is 19.1. The third kappa shape index (κ3) is 5.13. The molecule has 0 amide bonds. The van der Waals surface area contributed by atoms with Gasteiger partial charge in [0.1, 0.15) is 6.07 Å². The number of hydrogen-bond acceptors (Lipinski definition) is 1. The van der Waals surface area contributed by atoms with Gasteiger partial charge in [-0.15, -0.1) is 0 Å². The first kappa shape index (κ1) is 16.5. The molecule has 0 radical (unpaired) electrons. The summed E-state index contributed by atoms with van der Waals surface area (Å²) in [5.41, 5.74) is 0. The lowest BCUT2D eigenvalue weighted by Gasteiger charge is -2.37. The van der Waals surface area contributed by atoms with Crippen LogP contribution < -0.4 is 0 Å². The summed E-state index contributed by atoms with van der Waals surface area (Å²) in [4.78, 5) is 0. The highest BCUT2D eigenvalue weighted by Crippen LogP contribution is 2.42. The molecule has 1 nitrogen and oxygen atoms in total. The van der Waals surface area contributed by atoms with Gasteiger partial charge in [-0.05, 0) is 68.3 Å². The normalized spacial score (nSPS) is 34.4. The first-order valence-corrected chi connectivity index (χ1v) is 8.98. The van der Waals surface area contributed by atoms with Crippen molar-refractivity contribution in [3.05, 3.63) is 11.9 Å². The minimum atomic E-state index is -0.614. The second kappa shape index (κ2) is 8.57. The van der Waals surface area contributed by atoms with Crippen LogP contribution in [-0.4, -0.2) is 0 Å². The molecule has 2 fully saturated rings. The zero-order valence-corrected chi connectivity index (χ0v) is 13.5. The van der Waals surface area contributed by atoms with Crippen LogP contribution in [0.2, 0.25) is 0 Å². The molecule has 0 atom stereocenters. The summed E-state index contributed by atoms with van der Waals surface area (Å²) in [6, 6.07) is 1.56. The molecule has 118 valence electrons. The standard InChI is InChI=1S/C19H30FN/c1-2-15-6-10-17(11-7-15)18-12-8-16(9-13-18)4-3-5-19(20)14-21/h5,15-18H,2-4,6-13H2,1H3/b19-5-/t15-,16?,17-,18?. The van der Waals surface area contributed by atoms with Crippen LogP contribution in [0.15, 0.2) is 11.9 Å². The largest absolute Gasteiger partial charge is 0.196 e. The van der Waals surface area contributed by atoms with Gasteiger partial charge >= 0.3 is 0 Å². The van der Waals surface area contributed by atoms with E-state index < -0.39 is 5.83 Å². The van der Waals surface area contributed by atoms with E-state index in [1.54, 1.807) is 6.07 Å². The predicted molar refractivity (Wildman–Crippen MR) is 85.2 cm³/mol. The van der Waals surface area contributed by atoms with Crippen LogP contribution in [0.25, 0.3) is 0 Å². The fourth-order valence-corrected chi connectivity index (χ4v) is 4.51. The molecular weight excluding hydrogens is 261 g/mol. The minimum Gasteiger partial charge on any atom is -0.195 e. The van der Waals surface area contributed by atoms with Gasteiger partial charge < -0.3 is 0 Å². The molecule has 2 saturated carbocycles. The SMILES string of the molecule is CC[C@H]1CC[C@H](C2CCC(CC/C=C(\F)C#N)CC2)CC1. The van der Waals surface area contributed by atoms with Gasteiger partial charge in [-0.1, -0.05) is 39.0 Å². The molecule has 0 aromatic heterocycles. The summed E-state index contributed by atoms with van der Waals surface area (Å²) >= 11 is 0. The Morgan fingerprint density at radius 1 is 1.00 bits per heavy atom. The van der Waals surface area contributed by atoms with Crippen LogP contribution in [0.1, 0.15) is 77.6 Å². The molecule has 0 aromatic rings. The van der Waals surface area contributed by atoms with Gasteiger partial charge in [0.25, 0.3) is 0 Å². The first-order valence-electron chi connectivity index (χ1n) is 8.98. The summed E-state index contributed by atoms with van der Waals surface area (Å²) in [7, 11) is 0. The molecule has 0 spiro atoms. The van der Waals surface area contributed by atoms with Crippen molar-refractivity contribution in [3.8, 4) is 6.07 Å². The van der Waals surface area contributed by atoms with E-state index in [-0.39, 0.29) is 0 Å². The van der Waals surface area contributed by atoms with Gasteiger partial charge in [0.05, 0.1) is 0 Å². The van der Waals surface area contributed by atoms with Crippen molar-refractivity contribution in [1.29, 1.82) is 5.26 Å². The number of allylic oxidation sites excluding steroid dienone is 2. The van der Waals surface area contributed by atoms with Gasteiger partial charge in [-0.2, -0.15) is 9.65 Å². The monoisotopic (exact) mass is 291 g/mol. The van der Waals surface area contributed by atoms with Gasteiger partial charge in [-0.3, -0.25) is 0 Å². The van der Waals surface area contributed by atoms with Crippen LogP contribution >= 0.6 is 0 Å². The molecule has 2 aliphatic rings. The fourth-order valence-electron chi connectivity index (χ4n) is 4.51. The zero-order valence-electron chi connectivity index (χ0n) is 13.5. The molecule has 0 unspecified atom stereocenters. The Labute approximate surface area is 129 Å². The van der Waals surface area contributed by atoms with Crippen LogP contribution in [0.3, 0.4) is 0 Å². The highest BCUT2D eigenvalue weighted by molar-refractivity contribution is 5.11. The van der Waals surface area contributed by atoms with Crippen molar-refractivity contribution in [2.75, 3.05) is 0 Å². The van der Waals surface area contributed by atoms with Crippen molar-refractivity contribution in [3.63, 3.8) is 0 Å². The van der Waals surface area contributed by atoms with E-state index in [0.29, 0.717) is 0 Å². The van der Waals surface area contributed by atoms with Crippen LogP contribution in [0.4, 0.5) is 4.39 Å². The Morgan fingerprint density at radius 3 is 2.00 bits per heavy atom. The van der Waals surface area contributed by atoms with Gasteiger partial charge in [0, 0.05) is 0 Å². The molecule has 2 aliphatic carbocycles. The molecule has 0 heterocycles. The lowest BCUT2D eigenvalue weighted by atomic mass is 9.68. The summed E-state index contributed by atoms with van der Waals surface area (Å²) in [6.07, 6.45) is 15.9. The molecule has 2 heteroatoms. The Morgan fingerprint density at radius 2 is 1.52 bits per heavy atom. The second-order valence-electron chi connectivity index (χ2n) is 7.21. The Kier molecular flexibility index (Phi) is 6.74. The van der Waals surface area contributed by atoms with Crippen molar-refractivity contribution in [2.45, 2.75) is 77.6 Å². The summed E-state index contributed by atoms with van der Waals surface area (Å²) in [6.45, 7) is 2.33. The highest BCUT2D eigenvalue weighted by Gasteiger charge is 2.30. The van der Waals surface area contributed by atoms with Crippen molar-refractivity contribution < 1.29 is 4.39 Å². The predicted octanol–water partition coefficient (Wildman–Crippen LogP) is 6.17. The topological polar surface area (TPSA) is 23.8 Å². The maximum atomic E-state index is 12.8. The molecule has 0 aliphatic heterocycles. The zero-order chi connectivity index (χ0) is 15.1. The van der Waals surface area contributed by atoms with Gasteiger partial charge in [0.15, 0.2) is 5.83 Å². The number of halogens is 1. The van der Waals surface area contributed by atoms with Crippen molar-refractivity contribution in [1.82, 2.24) is 0 Å². The summed E-state index contributed by atoms with van der Waals surface area (Å²) in [5, 5.41) is 8.39. The molecule has 0 N–H and O–H groups in total. The minimum absolute atomic E-state index is 0.614. The second-order valence-corrected chi connectivity index (χ2v) is 7.21. The molecule has 2 rings (SSSR count). The average Bonchev–Trinajstić information content (AvgIpc) is 2.55. The van der Waals surface area contributed by atoms with E-state index in [0.717, 1.165) is 36.5 Å². The molecule has 0 aromatic carbocycles. The molecule has 0 bridgehead atoms. The number of rotatable bonds is 5. The number of nitrogens with zero attached hydrogens (tertiary/aromatic N) is 1. The van der Waals surface area contributed by atoms with E-state index in [2.05, 4.69) is 6.92 Å². The number of nitriles is 1. The van der Waals surface area contributed by atoms with E-state index in [1.165, 1.54) is 63.9 Å². The molecule has 0 saturated heterocycles. The van der Waals surface area contributed by atoms with Crippen molar-refractivity contribution >= 4 is 0 Å². The maximum Gasteiger partial charge on any atom is 0.196 e. The van der Waals surface area contributed by atoms with E-state index in [4.69, 9.17) is 5.26 Å². The lowest BCUT2D eigenvalue weighted by Crippen LogP contribution is -2.25. The summed E-state index contributed by atoms with van der Waals surface area (Å²) in [5.74, 6) is 3.10. The van der Waals surface area contributed by atoms with Crippen LogP contribution in [-0.2, 0) is 0 Å². The first-order chi connectivity index (χ1) is 10.2. The quantitative estimate of drug-likeness (QED) is 0.556. The summed E-state index contributed by atoms with van der Waals surface area (Å²) < 4.78 is 12.8. The number of hydrogen-bond donors (Lipinski definition) is 0. The maximum absolute atomic E-state index is 12.8. The van der Waals surface area contributed by atoms with Gasteiger partial charge in [-0.25, -0.2) is 0 Å². The van der Waals surface area contributed by atoms with E-state index in [1.807, 2.05) is 0 Å². The Bertz CT molecular complexity index is 366. The van der Waals surface area contributed by atoms with Crippen LogP contribution in [0.5, 0.6) is 0 Å². The molecular formula is C19H30FN. The van der Waals surface area contributed by atoms with Gasteiger partial charge in [0.2, 0.25) is 0 Å². The van der Waals surface area contributed by atoms with E-state index >= 15 is 0 Å². The van der Waals surface area contributed by atoms with E-state index in [9.17, 15) is 4.39 Å². The Balaban J connectivity index is 1.66. The third-order valence-electron chi connectivity index (χ3n) is 6.03. The average molecular weight is 291 g/mol. The third-order valence-corrected chi connectivity index (χ3v) is 6.03. The Hall–Kier alpha value is -0.840.